The summed E-state index contributed by atoms with van der Waals surface area (Å²) in [6.45, 7) is 0. The number of nitroso groups, excluding NO2 is 1. The minimum absolute atomic E-state index is 0.118. The molecule has 0 saturated carbocycles. The van der Waals surface area contributed by atoms with E-state index in [9.17, 15) is 9.70 Å². The molecule has 1 N–H and O–H groups in total. The van der Waals surface area contributed by atoms with Crippen molar-refractivity contribution in [2.24, 2.45) is 5.18 Å². The van der Waals surface area contributed by atoms with E-state index in [0.29, 0.717) is 11.3 Å². The molecule has 0 bridgehead atoms. The predicted octanol–water partition coefficient (Wildman–Crippen LogP) is 3.16. The molecule has 3 heterocycles. The second-order valence-corrected chi connectivity index (χ2v) is 4.75. The van der Waals surface area contributed by atoms with Gasteiger partial charge in [0, 0.05) is 6.20 Å². The van der Waals surface area contributed by atoms with Crippen LogP contribution in [0, 0.1) is 4.91 Å². The third-order valence-corrected chi connectivity index (χ3v) is 3.57. The fraction of sp³-hybridized carbons (Fsp3) is 0. The minimum atomic E-state index is -1.04. The summed E-state index contributed by atoms with van der Waals surface area (Å²) in [5, 5.41) is 13.8. The lowest BCUT2D eigenvalue weighted by atomic mass is 10.3. The van der Waals surface area contributed by atoms with Crippen molar-refractivity contribution in [3.63, 3.8) is 0 Å². The number of hydrogen-bond acceptors (Lipinski definition) is 5. The Morgan fingerprint density at radius 2 is 2.26 bits per heavy atom. The van der Waals surface area contributed by atoms with E-state index < -0.39 is 5.97 Å². The Hall–Kier alpha value is -2.54. The van der Waals surface area contributed by atoms with Gasteiger partial charge in [-0.15, -0.1) is 16.2 Å². The normalized spacial score (nSPS) is 10.7. The zero-order chi connectivity index (χ0) is 13.4. The van der Waals surface area contributed by atoms with Gasteiger partial charge in [-0.25, -0.2) is 9.78 Å². The molecule has 94 valence electrons. The quantitative estimate of drug-likeness (QED) is 0.743. The molecule has 0 aliphatic heterocycles. The van der Waals surface area contributed by atoms with Crippen LogP contribution < -0.4 is 0 Å². The number of imidazole rings is 1. The first-order valence-corrected chi connectivity index (χ1v) is 6.21. The number of pyridine rings is 1. The summed E-state index contributed by atoms with van der Waals surface area (Å²) in [7, 11) is 0. The molecule has 0 aliphatic carbocycles. The number of carbonyl (C=O) groups is 1. The number of thiophene rings is 1. The van der Waals surface area contributed by atoms with Crippen LogP contribution in [0.5, 0.6) is 0 Å². The zero-order valence-electron chi connectivity index (χ0n) is 9.48. The molecule has 19 heavy (non-hydrogen) atoms. The molecule has 3 aromatic rings. The van der Waals surface area contributed by atoms with Gasteiger partial charge in [-0.05, 0) is 28.8 Å². The van der Waals surface area contributed by atoms with E-state index in [1.807, 2.05) is 17.5 Å². The van der Waals surface area contributed by atoms with E-state index >= 15 is 0 Å². The maximum Gasteiger partial charge on any atom is 0.335 e. The fourth-order valence-electron chi connectivity index (χ4n) is 1.83. The molecule has 3 aromatic heterocycles. The first-order chi connectivity index (χ1) is 9.20. The fourth-order valence-corrected chi connectivity index (χ4v) is 2.54. The van der Waals surface area contributed by atoms with Crippen molar-refractivity contribution in [2.45, 2.75) is 0 Å². The maximum absolute atomic E-state index is 11.0. The Bertz CT molecular complexity index is 777. The van der Waals surface area contributed by atoms with Crippen LogP contribution in [0.25, 0.3) is 16.2 Å². The highest BCUT2D eigenvalue weighted by Crippen LogP contribution is 2.33. The van der Waals surface area contributed by atoms with Gasteiger partial charge in [-0.3, -0.25) is 4.40 Å². The van der Waals surface area contributed by atoms with Crippen LogP contribution in [-0.2, 0) is 0 Å². The summed E-state index contributed by atoms with van der Waals surface area (Å²) < 4.78 is 1.48. The second kappa shape index (κ2) is 4.29. The summed E-state index contributed by atoms with van der Waals surface area (Å²) in [6.07, 6.45) is 1.49. The summed E-state index contributed by atoms with van der Waals surface area (Å²) >= 11 is 1.44. The number of carboxylic acid groups (broad SMARTS) is 1. The number of fused-ring (bicyclic) bond motifs is 1. The van der Waals surface area contributed by atoms with Crippen LogP contribution >= 0.6 is 11.3 Å². The topological polar surface area (TPSA) is 84.0 Å². The van der Waals surface area contributed by atoms with E-state index in [0.717, 1.165) is 4.88 Å². The summed E-state index contributed by atoms with van der Waals surface area (Å²) in [4.78, 5) is 27.0. The first kappa shape index (κ1) is 11.5. The van der Waals surface area contributed by atoms with Crippen molar-refractivity contribution in [3.05, 3.63) is 46.3 Å². The van der Waals surface area contributed by atoms with Crippen LogP contribution in [0.2, 0.25) is 0 Å². The first-order valence-electron chi connectivity index (χ1n) is 5.33. The standard InChI is InChI=1S/C12H7N3O3S/c16-12(17)7-3-4-15-9(6-7)13-10(11(15)14-18)8-2-1-5-19-8/h1-6H,(H,16,17). The molecule has 0 atom stereocenters. The molecule has 0 fully saturated rings. The smallest absolute Gasteiger partial charge is 0.335 e. The van der Waals surface area contributed by atoms with E-state index in [4.69, 9.17) is 5.11 Å². The van der Waals surface area contributed by atoms with E-state index in [2.05, 4.69) is 10.2 Å². The Balaban J connectivity index is 2.29. The van der Waals surface area contributed by atoms with Crippen molar-refractivity contribution in [2.75, 3.05) is 0 Å². The molecule has 0 unspecified atom stereocenters. The molecule has 6 nitrogen and oxygen atoms in total. The number of aromatic nitrogens is 2. The number of rotatable bonds is 3. The Labute approximate surface area is 110 Å². The number of aromatic carboxylic acids is 1. The van der Waals surface area contributed by atoms with Gasteiger partial charge in [0.25, 0.3) is 0 Å². The van der Waals surface area contributed by atoms with Gasteiger partial charge < -0.3 is 5.11 Å². The maximum atomic E-state index is 11.0. The summed E-state index contributed by atoms with van der Waals surface area (Å²) in [5.74, 6) is -0.863. The van der Waals surface area contributed by atoms with Crippen LogP contribution in [-0.4, -0.2) is 20.5 Å². The van der Waals surface area contributed by atoms with Gasteiger partial charge >= 0.3 is 5.97 Å². The lowest BCUT2D eigenvalue weighted by Gasteiger charge is -1.96. The van der Waals surface area contributed by atoms with Crippen LogP contribution in [0.4, 0.5) is 5.82 Å². The van der Waals surface area contributed by atoms with Gasteiger partial charge in [0.05, 0.1) is 10.4 Å². The summed E-state index contributed by atoms with van der Waals surface area (Å²) in [5.41, 5.74) is 0.970. The molecule has 0 aliphatic rings. The number of hydrogen-bond donors (Lipinski definition) is 1. The highest BCUT2D eigenvalue weighted by Gasteiger charge is 2.16. The molecule has 0 spiro atoms. The lowest BCUT2D eigenvalue weighted by molar-refractivity contribution is 0.0697. The average molecular weight is 273 g/mol. The highest BCUT2D eigenvalue weighted by molar-refractivity contribution is 7.13. The van der Waals surface area contributed by atoms with Gasteiger partial charge in [0.1, 0.15) is 11.3 Å². The van der Waals surface area contributed by atoms with Gasteiger partial charge in [0.15, 0.2) is 0 Å². The summed E-state index contributed by atoms with van der Waals surface area (Å²) in [6, 6.07) is 6.50. The monoisotopic (exact) mass is 273 g/mol. The second-order valence-electron chi connectivity index (χ2n) is 3.80. The highest BCUT2D eigenvalue weighted by atomic mass is 32.1. The number of nitrogens with zero attached hydrogens (tertiary/aromatic N) is 3. The van der Waals surface area contributed by atoms with Gasteiger partial charge in [-0.1, -0.05) is 6.07 Å². The largest absolute Gasteiger partial charge is 0.478 e. The molecule has 0 amide bonds. The van der Waals surface area contributed by atoms with Crippen LogP contribution in [0.15, 0.2) is 41.0 Å². The predicted molar refractivity (Wildman–Crippen MR) is 70.9 cm³/mol. The zero-order valence-corrected chi connectivity index (χ0v) is 10.3. The van der Waals surface area contributed by atoms with Crippen molar-refractivity contribution < 1.29 is 9.90 Å². The van der Waals surface area contributed by atoms with E-state index in [1.165, 1.54) is 34.1 Å². The van der Waals surface area contributed by atoms with E-state index in [-0.39, 0.29) is 11.4 Å². The molecular weight excluding hydrogens is 266 g/mol. The van der Waals surface area contributed by atoms with Crippen molar-refractivity contribution in [3.8, 4) is 10.6 Å². The van der Waals surface area contributed by atoms with E-state index in [1.54, 1.807) is 0 Å². The molecule has 3 rings (SSSR count). The van der Waals surface area contributed by atoms with Gasteiger partial charge in [-0.2, -0.15) is 0 Å². The SMILES string of the molecule is O=Nc1c(-c2cccs2)nc2cc(C(=O)O)ccn12. The molecular formula is C12H7N3O3S. The third kappa shape index (κ3) is 1.80. The average Bonchev–Trinajstić information content (AvgIpc) is 3.04. The van der Waals surface area contributed by atoms with Crippen molar-refractivity contribution in [1.82, 2.24) is 9.38 Å². The molecule has 0 radical (unpaired) electrons. The minimum Gasteiger partial charge on any atom is -0.478 e. The Morgan fingerprint density at radius 1 is 1.42 bits per heavy atom. The van der Waals surface area contributed by atoms with Crippen molar-refractivity contribution in [1.29, 1.82) is 0 Å². The number of carboxylic acids is 1. The van der Waals surface area contributed by atoms with Crippen LogP contribution in [0.1, 0.15) is 10.4 Å². The third-order valence-electron chi connectivity index (χ3n) is 2.69. The van der Waals surface area contributed by atoms with Gasteiger partial charge in [0.2, 0.25) is 5.82 Å². The van der Waals surface area contributed by atoms with Crippen LogP contribution in [0.3, 0.4) is 0 Å². The Morgan fingerprint density at radius 3 is 2.89 bits per heavy atom. The molecule has 0 saturated heterocycles. The lowest BCUT2D eigenvalue weighted by Crippen LogP contribution is -1.97. The molecule has 7 heteroatoms. The molecule has 0 aromatic carbocycles. The Kier molecular flexibility index (Phi) is 2.60. The van der Waals surface area contributed by atoms with Crippen molar-refractivity contribution >= 4 is 28.8 Å².